The number of rotatable bonds is 2. The Kier molecular flexibility index (Phi) is 5.73. The van der Waals surface area contributed by atoms with E-state index in [4.69, 9.17) is 0 Å². The van der Waals surface area contributed by atoms with Crippen LogP contribution in [0, 0.1) is 0 Å². The highest BCUT2D eigenvalue weighted by molar-refractivity contribution is 6.29. The molecule has 2 aliphatic heterocycles. The van der Waals surface area contributed by atoms with E-state index in [2.05, 4.69) is 175 Å². The second-order valence-corrected chi connectivity index (χ2v) is 14.8. The summed E-state index contributed by atoms with van der Waals surface area (Å²) in [5, 5.41) is 15.9. The van der Waals surface area contributed by atoms with Gasteiger partial charge in [0.15, 0.2) is 0 Å². The van der Waals surface area contributed by atoms with Crippen LogP contribution < -0.4 is 4.90 Å². The molecule has 0 bridgehead atoms. The molecule has 12 rings (SSSR count). The van der Waals surface area contributed by atoms with Crippen LogP contribution in [-0.2, 0) is 12.8 Å². The third kappa shape index (κ3) is 3.83. The number of fused-ring (bicyclic) bond motifs is 17. The summed E-state index contributed by atoms with van der Waals surface area (Å²) in [6, 6.07) is 64.1. The fourth-order valence-corrected chi connectivity index (χ4v) is 9.98. The zero-order chi connectivity index (χ0) is 33.9. The Bertz CT molecular complexity index is 2850. The summed E-state index contributed by atoms with van der Waals surface area (Å²) in [6.45, 7) is 0. The van der Waals surface area contributed by atoms with Gasteiger partial charge in [0.1, 0.15) is 0 Å². The molecule has 242 valence electrons. The van der Waals surface area contributed by atoms with Crippen molar-refractivity contribution in [2.75, 3.05) is 4.90 Å². The van der Waals surface area contributed by atoms with Crippen LogP contribution in [-0.4, -0.2) is 6.04 Å². The summed E-state index contributed by atoms with van der Waals surface area (Å²) in [7, 11) is 0. The third-order valence-corrected chi connectivity index (χ3v) is 12.1. The zero-order valence-corrected chi connectivity index (χ0v) is 28.6. The third-order valence-electron chi connectivity index (χ3n) is 12.1. The van der Waals surface area contributed by atoms with Crippen LogP contribution in [0.4, 0.5) is 11.4 Å². The lowest BCUT2D eigenvalue weighted by Crippen LogP contribution is -2.22. The van der Waals surface area contributed by atoms with Crippen molar-refractivity contribution in [2.45, 2.75) is 18.9 Å². The lowest BCUT2D eigenvalue weighted by Gasteiger charge is -2.21. The van der Waals surface area contributed by atoms with Crippen LogP contribution in [0.5, 0.6) is 0 Å². The first-order valence-corrected chi connectivity index (χ1v) is 18.5. The molecule has 1 nitrogen and oxygen atoms in total. The zero-order valence-electron chi connectivity index (χ0n) is 28.6. The smallest absolute Gasteiger partial charge is 0.0447 e. The molecule has 0 radical (unpaired) electrons. The van der Waals surface area contributed by atoms with Gasteiger partial charge in [-0.25, -0.2) is 0 Å². The summed E-state index contributed by atoms with van der Waals surface area (Å²) in [4.78, 5) is 2.62. The van der Waals surface area contributed by atoms with Crippen LogP contribution in [0.15, 0.2) is 170 Å². The van der Waals surface area contributed by atoms with E-state index in [0.717, 1.165) is 12.8 Å². The van der Waals surface area contributed by atoms with Gasteiger partial charge in [0.25, 0.3) is 0 Å². The maximum atomic E-state index is 2.62. The van der Waals surface area contributed by atoms with Gasteiger partial charge in [0.2, 0.25) is 0 Å². The summed E-state index contributed by atoms with van der Waals surface area (Å²) < 4.78 is 0. The minimum absolute atomic E-state index is 0.449. The van der Waals surface area contributed by atoms with Crippen molar-refractivity contribution in [3.63, 3.8) is 0 Å². The molecule has 0 saturated carbocycles. The standard InChI is InChI=1S/C51H33N/c1-3-13-42-38(11-1)40-15-5-7-17-44(40)50-36(19-9-21-46(42)50)31-23-25-48-33(27-31)29-35-30-34-28-32(24-26-49(34)52(35)48)37-20-10-22-47-43-14-4-2-12-39(43)41-16-6-8-18-45(41)51(37)47/h1-28,35H,29-30H2. The molecule has 0 aromatic heterocycles. The number of hydrogen-bond donors (Lipinski definition) is 0. The molecule has 10 aromatic carbocycles. The van der Waals surface area contributed by atoms with Gasteiger partial charge < -0.3 is 4.90 Å². The van der Waals surface area contributed by atoms with E-state index in [0.29, 0.717) is 6.04 Å². The Morgan fingerprint density at radius 2 is 0.654 bits per heavy atom. The molecule has 2 aliphatic rings. The van der Waals surface area contributed by atoms with Crippen molar-refractivity contribution in [3.8, 4) is 22.3 Å². The molecule has 2 heterocycles. The van der Waals surface area contributed by atoms with E-state index in [1.165, 1.54) is 109 Å². The van der Waals surface area contributed by atoms with E-state index >= 15 is 0 Å². The van der Waals surface area contributed by atoms with Crippen LogP contribution in [0.2, 0.25) is 0 Å². The van der Waals surface area contributed by atoms with Gasteiger partial charge in [-0.3, -0.25) is 0 Å². The summed E-state index contributed by atoms with van der Waals surface area (Å²) in [6.07, 6.45) is 2.12. The highest BCUT2D eigenvalue weighted by Crippen LogP contribution is 2.49. The van der Waals surface area contributed by atoms with Crippen molar-refractivity contribution < 1.29 is 0 Å². The number of benzene rings is 10. The van der Waals surface area contributed by atoms with Gasteiger partial charge in [-0.2, -0.15) is 0 Å². The van der Waals surface area contributed by atoms with Gasteiger partial charge >= 0.3 is 0 Å². The minimum Gasteiger partial charge on any atom is -0.337 e. The maximum absolute atomic E-state index is 2.62. The first-order chi connectivity index (χ1) is 25.8. The summed E-state index contributed by atoms with van der Waals surface area (Å²) >= 11 is 0. The van der Waals surface area contributed by atoms with Crippen molar-refractivity contribution in [1.82, 2.24) is 0 Å². The first kappa shape index (κ1) is 28.3. The largest absolute Gasteiger partial charge is 0.337 e. The Balaban J connectivity index is 0.971. The minimum atomic E-state index is 0.449. The lowest BCUT2D eigenvalue weighted by molar-refractivity contribution is 0.725. The predicted molar refractivity (Wildman–Crippen MR) is 222 cm³/mol. The highest BCUT2D eigenvalue weighted by Gasteiger charge is 2.37. The molecule has 0 aliphatic carbocycles. The van der Waals surface area contributed by atoms with Crippen molar-refractivity contribution in [1.29, 1.82) is 0 Å². The molecule has 0 N–H and O–H groups in total. The van der Waals surface area contributed by atoms with Gasteiger partial charge in [0, 0.05) is 17.4 Å². The predicted octanol–water partition coefficient (Wildman–Crippen LogP) is 13.6. The van der Waals surface area contributed by atoms with E-state index in [-0.39, 0.29) is 0 Å². The average molecular weight is 660 g/mol. The molecule has 10 aromatic rings. The molecule has 0 unspecified atom stereocenters. The molecular formula is C51H33N. The number of nitrogens with zero attached hydrogens (tertiary/aromatic N) is 1. The van der Waals surface area contributed by atoms with Crippen molar-refractivity contribution in [2.24, 2.45) is 0 Å². The fourth-order valence-electron chi connectivity index (χ4n) is 9.98. The second kappa shape index (κ2) is 10.5. The van der Waals surface area contributed by atoms with E-state index in [9.17, 15) is 0 Å². The molecule has 0 saturated heterocycles. The molecule has 0 spiro atoms. The van der Waals surface area contributed by atoms with Crippen molar-refractivity contribution in [3.05, 3.63) is 181 Å². The monoisotopic (exact) mass is 659 g/mol. The van der Waals surface area contributed by atoms with Gasteiger partial charge in [-0.05, 0) is 135 Å². The van der Waals surface area contributed by atoms with E-state index in [1.807, 2.05) is 0 Å². The number of hydrogen-bond acceptors (Lipinski definition) is 1. The molecule has 52 heavy (non-hydrogen) atoms. The Labute approximate surface area is 302 Å². The first-order valence-electron chi connectivity index (χ1n) is 18.5. The van der Waals surface area contributed by atoms with Crippen LogP contribution in [0.3, 0.4) is 0 Å². The molecule has 0 amide bonds. The number of anilines is 2. The molecule has 1 heteroatoms. The molecular weight excluding hydrogens is 627 g/mol. The van der Waals surface area contributed by atoms with Gasteiger partial charge in [-0.1, -0.05) is 146 Å². The summed E-state index contributed by atoms with van der Waals surface area (Å²) in [5.74, 6) is 0. The van der Waals surface area contributed by atoms with E-state index in [1.54, 1.807) is 0 Å². The lowest BCUT2D eigenvalue weighted by atomic mass is 9.88. The Morgan fingerprint density at radius 1 is 0.327 bits per heavy atom. The average Bonchev–Trinajstić information content (AvgIpc) is 3.75. The highest BCUT2D eigenvalue weighted by atomic mass is 15.2. The SMILES string of the molecule is c1ccc2c(c1)c1ccccc1c1c(-c3ccc4c(c3)CC3Cc5cc(-c6cccc7c8ccccc8c8ccccc8c67)ccc5N43)cccc21. The molecule has 0 atom stereocenters. The van der Waals surface area contributed by atoms with Crippen LogP contribution in [0.25, 0.3) is 86.9 Å². The van der Waals surface area contributed by atoms with Gasteiger partial charge in [0.05, 0.1) is 0 Å². The van der Waals surface area contributed by atoms with E-state index < -0.39 is 0 Å². The van der Waals surface area contributed by atoms with Crippen LogP contribution in [0.1, 0.15) is 11.1 Å². The Hall–Kier alpha value is -6.44. The normalized spacial score (nSPS) is 13.9. The second-order valence-electron chi connectivity index (χ2n) is 14.8. The fraction of sp³-hybridized carbons (Fsp3) is 0.0588. The molecule has 0 fully saturated rings. The topological polar surface area (TPSA) is 3.24 Å². The van der Waals surface area contributed by atoms with Gasteiger partial charge in [-0.15, -0.1) is 0 Å². The maximum Gasteiger partial charge on any atom is 0.0447 e. The Morgan fingerprint density at radius 3 is 1.04 bits per heavy atom. The van der Waals surface area contributed by atoms with Crippen LogP contribution >= 0.6 is 0 Å². The van der Waals surface area contributed by atoms with Crippen molar-refractivity contribution >= 4 is 76.0 Å². The summed E-state index contributed by atoms with van der Waals surface area (Å²) in [5.41, 5.74) is 10.9. The quantitative estimate of drug-likeness (QED) is 0.167.